The van der Waals surface area contributed by atoms with E-state index in [-0.39, 0.29) is 17.4 Å². The maximum Gasteiger partial charge on any atom is 0.252 e. The fourth-order valence-electron chi connectivity index (χ4n) is 4.79. The number of rotatable bonds is 9. The van der Waals surface area contributed by atoms with Gasteiger partial charge in [0.15, 0.2) is 5.82 Å². The average molecular weight is 497 g/mol. The molecule has 0 saturated heterocycles. The van der Waals surface area contributed by atoms with Crippen LogP contribution < -0.4 is 5.56 Å². The van der Waals surface area contributed by atoms with Crippen LogP contribution in [0.5, 0.6) is 0 Å². The van der Waals surface area contributed by atoms with E-state index in [4.69, 9.17) is 0 Å². The van der Waals surface area contributed by atoms with Gasteiger partial charge >= 0.3 is 0 Å². The maximum atomic E-state index is 13.6. The Hall–Kier alpha value is -4.17. The Bertz CT molecular complexity index is 1540. The lowest BCUT2D eigenvalue weighted by atomic mass is 10.1. The molecule has 188 valence electrons. The molecule has 0 fully saturated rings. The molecule has 1 atom stereocenters. The second-order valence-corrected chi connectivity index (χ2v) is 9.30. The van der Waals surface area contributed by atoms with E-state index in [1.807, 2.05) is 66.2 Å². The topological polar surface area (TPSA) is 79.7 Å². The summed E-state index contributed by atoms with van der Waals surface area (Å²) in [6, 6.07) is 24.3. The molecule has 8 heteroatoms. The Morgan fingerprint density at radius 2 is 1.76 bits per heavy atom. The third kappa shape index (κ3) is 5.49. The van der Waals surface area contributed by atoms with Crippen LogP contribution in [-0.4, -0.2) is 30.1 Å². The van der Waals surface area contributed by atoms with E-state index in [1.165, 1.54) is 12.1 Å². The number of pyridine rings is 1. The number of aromatic nitrogens is 5. The molecule has 0 aliphatic rings. The number of nitrogens with one attached hydrogen (secondary N) is 1. The molecule has 3 aromatic carbocycles. The number of benzene rings is 3. The van der Waals surface area contributed by atoms with E-state index in [2.05, 4.69) is 32.3 Å². The fourth-order valence-corrected chi connectivity index (χ4v) is 4.79. The van der Waals surface area contributed by atoms with Crippen LogP contribution in [0.1, 0.15) is 47.5 Å². The van der Waals surface area contributed by atoms with Gasteiger partial charge in [-0.2, -0.15) is 0 Å². The number of hydrogen-bond donors (Lipinski definition) is 1. The van der Waals surface area contributed by atoms with Crippen molar-refractivity contribution in [1.29, 1.82) is 0 Å². The van der Waals surface area contributed by atoms with Crippen molar-refractivity contribution in [2.24, 2.45) is 0 Å². The number of aromatic amines is 1. The van der Waals surface area contributed by atoms with Crippen LogP contribution in [0, 0.1) is 12.7 Å². The van der Waals surface area contributed by atoms with Crippen molar-refractivity contribution in [1.82, 2.24) is 30.1 Å². The molecule has 0 aliphatic heterocycles. The number of H-pyrrole nitrogens is 1. The van der Waals surface area contributed by atoms with Crippen molar-refractivity contribution >= 4 is 10.9 Å². The standard InChI is InChI=1S/C29H29FN6O/c1-3-26(28-32-33-34-36(28)18-21-9-5-4-6-10-21)35(17-22-12-14-25(30)15-13-22)19-24-16-23-11-7-8-20(2)27(23)31-29(24)37/h4-16,26H,3,17-19H2,1-2H3,(H,31,37)/t26-/m0/s1. The van der Waals surface area contributed by atoms with Gasteiger partial charge in [0.2, 0.25) is 0 Å². The summed E-state index contributed by atoms with van der Waals surface area (Å²) in [5.41, 5.74) is 4.44. The summed E-state index contributed by atoms with van der Waals surface area (Å²) in [4.78, 5) is 18.4. The van der Waals surface area contributed by atoms with Gasteiger partial charge in [0.1, 0.15) is 5.82 Å². The second kappa shape index (κ2) is 10.8. The fraction of sp³-hybridized carbons (Fsp3) is 0.241. The minimum atomic E-state index is -0.282. The van der Waals surface area contributed by atoms with Crippen LogP contribution in [0.2, 0.25) is 0 Å². The summed E-state index contributed by atoms with van der Waals surface area (Å²) < 4.78 is 15.4. The Labute approximate surface area is 214 Å². The summed E-state index contributed by atoms with van der Waals surface area (Å²) >= 11 is 0. The SMILES string of the molecule is CC[C@@H](c1nnnn1Cc1ccccc1)N(Cc1ccc(F)cc1)Cc1cc2cccc(C)c2[nH]c1=O. The van der Waals surface area contributed by atoms with Crippen LogP contribution in [0.3, 0.4) is 0 Å². The highest BCUT2D eigenvalue weighted by Crippen LogP contribution is 2.27. The van der Waals surface area contributed by atoms with Crippen molar-refractivity contribution in [3.05, 3.63) is 123 Å². The molecule has 0 radical (unpaired) electrons. The molecule has 5 rings (SSSR count). The molecule has 1 N–H and O–H groups in total. The average Bonchev–Trinajstić information content (AvgIpc) is 3.35. The lowest BCUT2D eigenvalue weighted by molar-refractivity contribution is 0.161. The molecule has 37 heavy (non-hydrogen) atoms. The zero-order chi connectivity index (χ0) is 25.8. The van der Waals surface area contributed by atoms with Crippen LogP contribution >= 0.6 is 0 Å². The molecule has 0 saturated carbocycles. The Morgan fingerprint density at radius 3 is 2.51 bits per heavy atom. The van der Waals surface area contributed by atoms with Crippen molar-refractivity contribution in [3.63, 3.8) is 0 Å². The molecule has 0 amide bonds. The predicted molar refractivity (Wildman–Crippen MR) is 141 cm³/mol. The van der Waals surface area contributed by atoms with Crippen molar-refractivity contribution < 1.29 is 4.39 Å². The van der Waals surface area contributed by atoms with Crippen molar-refractivity contribution in [2.75, 3.05) is 0 Å². The first-order chi connectivity index (χ1) is 18.0. The van der Waals surface area contributed by atoms with Crippen molar-refractivity contribution in [3.8, 4) is 0 Å². The number of halogens is 1. The highest BCUT2D eigenvalue weighted by molar-refractivity contribution is 5.81. The smallest absolute Gasteiger partial charge is 0.252 e. The third-order valence-corrected chi connectivity index (χ3v) is 6.70. The minimum absolute atomic E-state index is 0.121. The van der Waals surface area contributed by atoms with Gasteiger partial charge in [-0.15, -0.1) is 5.10 Å². The molecule has 7 nitrogen and oxygen atoms in total. The first-order valence-corrected chi connectivity index (χ1v) is 12.4. The van der Waals surface area contributed by atoms with Gasteiger partial charge < -0.3 is 4.98 Å². The number of hydrogen-bond acceptors (Lipinski definition) is 5. The lowest BCUT2D eigenvalue weighted by Gasteiger charge is -2.30. The van der Waals surface area contributed by atoms with Gasteiger partial charge in [0.25, 0.3) is 5.56 Å². The number of para-hydroxylation sites is 1. The maximum absolute atomic E-state index is 13.6. The van der Waals surface area contributed by atoms with E-state index >= 15 is 0 Å². The highest BCUT2D eigenvalue weighted by Gasteiger charge is 2.26. The zero-order valence-corrected chi connectivity index (χ0v) is 20.9. The Morgan fingerprint density at radius 1 is 0.973 bits per heavy atom. The van der Waals surface area contributed by atoms with E-state index in [9.17, 15) is 9.18 Å². The molecule has 5 aromatic rings. The third-order valence-electron chi connectivity index (χ3n) is 6.70. The molecule has 2 aromatic heterocycles. The molecule has 0 unspecified atom stereocenters. The lowest BCUT2D eigenvalue weighted by Crippen LogP contribution is -2.32. The monoisotopic (exact) mass is 496 g/mol. The molecule has 0 aliphatic carbocycles. The normalized spacial score (nSPS) is 12.3. The summed E-state index contributed by atoms with van der Waals surface area (Å²) in [5, 5.41) is 13.6. The summed E-state index contributed by atoms with van der Waals surface area (Å²) in [6.07, 6.45) is 0.723. The van der Waals surface area contributed by atoms with E-state index in [1.54, 1.807) is 12.1 Å². The van der Waals surface area contributed by atoms with Crippen LogP contribution in [0.15, 0.2) is 83.7 Å². The van der Waals surface area contributed by atoms with Gasteiger partial charge in [-0.3, -0.25) is 9.69 Å². The zero-order valence-electron chi connectivity index (χ0n) is 20.9. The molecular formula is C29H29FN6O. The van der Waals surface area contributed by atoms with Gasteiger partial charge in [0, 0.05) is 18.7 Å². The highest BCUT2D eigenvalue weighted by atomic mass is 19.1. The molecular weight excluding hydrogens is 467 g/mol. The largest absolute Gasteiger partial charge is 0.321 e. The number of fused-ring (bicyclic) bond motifs is 1. The first-order valence-electron chi connectivity index (χ1n) is 12.4. The first kappa shape index (κ1) is 24.5. The number of tetrazole rings is 1. The van der Waals surface area contributed by atoms with E-state index in [0.717, 1.165) is 39.8 Å². The van der Waals surface area contributed by atoms with Crippen LogP contribution in [0.4, 0.5) is 4.39 Å². The van der Waals surface area contributed by atoms with Crippen LogP contribution in [-0.2, 0) is 19.6 Å². The quantitative estimate of drug-likeness (QED) is 0.305. The number of aryl methyl sites for hydroxylation is 1. The van der Waals surface area contributed by atoms with Gasteiger partial charge in [-0.1, -0.05) is 67.6 Å². The summed E-state index contributed by atoms with van der Waals surface area (Å²) in [5.74, 6) is 0.442. The summed E-state index contributed by atoms with van der Waals surface area (Å²) in [6.45, 7) is 5.49. The van der Waals surface area contributed by atoms with E-state index in [0.29, 0.717) is 25.2 Å². The summed E-state index contributed by atoms with van der Waals surface area (Å²) in [7, 11) is 0. The van der Waals surface area contributed by atoms with Gasteiger partial charge in [-0.25, -0.2) is 9.07 Å². The number of nitrogens with zero attached hydrogens (tertiary/aromatic N) is 5. The van der Waals surface area contributed by atoms with Crippen LogP contribution in [0.25, 0.3) is 10.9 Å². The minimum Gasteiger partial charge on any atom is -0.321 e. The second-order valence-electron chi connectivity index (χ2n) is 9.30. The Kier molecular flexibility index (Phi) is 7.18. The molecule has 0 spiro atoms. The molecule has 2 heterocycles. The van der Waals surface area contributed by atoms with Gasteiger partial charge in [-0.05, 0) is 64.0 Å². The van der Waals surface area contributed by atoms with Crippen molar-refractivity contribution in [2.45, 2.75) is 45.9 Å². The molecule has 0 bridgehead atoms. The Balaban J connectivity index is 1.52. The van der Waals surface area contributed by atoms with Gasteiger partial charge in [0.05, 0.1) is 18.1 Å². The van der Waals surface area contributed by atoms with E-state index < -0.39 is 0 Å². The predicted octanol–water partition coefficient (Wildman–Crippen LogP) is 5.16.